The third-order valence-electron chi connectivity index (χ3n) is 3.33. The summed E-state index contributed by atoms with van der Waals surface area (Å²) in [5, 5.41) is 0.812. The highest BCUT2D eigenvalue weighted by molar-refractivity contribution is 9.08. The zero-order valence-electron chi connectivity index (χ0n) is 10.8. The van der Waals surface area contributed by atoms with E-state index in [9.17, 15) is 4.79 Å². The van der Waals surface area contributed by atoms with E-state index in [-0.39, 0.29) is 5.91 Å². The van der Waals surface area contributed by atoms with Crippen molar-refractivity contribution in [1.29, 1.82) is 0 Å². The average molecular weight is 321 g/mol. The molecular weight excluding hydrogens is 304 g/mol. The van der Waals surface area contributed by atoms with Crippen molar-refractivity contribution in [2.24, 2.45) is 0 Å². The van der Waals surface area contributed by atoms with E-state index in [1.165, 1.54) is 5.56 Å². The Hall–Kier alpha value is -1.31. The van der Waals surface area contributed by atoms with Crippen LogP contribution >= 0.6 is 15.9 Å². The van der Waals surface area contributed by atoms with Gasteiger partial charge in [-0.25, -0.2) is 0 Å². The molecule has 4 heteroatoms. The average Bonchev–Trinajstić information content (AvgIpc) is 2.48. The van der Waals surface area contributed by atoms with Gasteiger partial charge in [0.25, 0.3) is 5.91 Å². The van der Waals surface area contributed by atoms with Gasteiger partial charge in [-0.2, -0.15) is 0 Å². The highest BCUT2D eigenvalue weighted by Gasteiger charge is 2.21. The minimum absolute atomic E-state index is 0.112. The molecule has 0 unspecified atom stereocenters. The fraction of sp³-hybridized carbons (Fsp3) is 0.400. The van der Waals surface area contributed by atoms with Gasteiger partial charge in [0.15, 0.2) is 0 Å². The van der Waals surface area contributed by atoms with Crippen molar-refractivity contribution < 1.29 is 4.79 Å². The molecule has 2 rings (SSSR count). The normalized spacial score (nSPS) is 16.1. The van der Waals surface area contributed by atoms with Gasteiger partial charge in [0.2, 0.25) is 0 Å². The molecule has 0 saturated carbocycles. The number of rotatable bonds is 3. The molecule has 1 aromatic carbocycles. The second-order valence-corrected chi connectivity index (χ2v) is 5.16. The lowest BCUT2D eigenvalue weighted by Gasteiger charge is -2.33. The van der Waals surface area contributed by atoms with Gasteiger partial charge in [-0.3, -0.25) is 9.69 Å². The quantitative estimate of drug-likeness (QED) is 0.628. The lowest BCUT2D eigenvalue weighted by atomic mass is 10.1. The van der Waals surface area contributed by atoms with E-state index in [1.54, 1.807) is 0 Å². The van der Waals surface area contributed by atoms with E-state index in [0.717, 1.165) is 37.1 Å². The highest BCUT2D eigenvalue weighted by Crippen LogP contribution is 2.12. The summed E-state index contributed by atoms with van der Waals surface area (Å²) in [6.45, 7) is 3.88. The third kappa shape index (κ3) is 3.59. The SMILES string of the molecule is C#CCN1CCN(C(=O)c2ccc(CBr)cc2)CC1. The Bertz CT molecular complexity index is 470. The Morgan fingerprint density at radius 2 is 1.84 bits per heavy atom. The third-order valence-corrected chi connectivity index (χ3v) is 3.98. The number of benzene rings is 1. The van der Waals surface area contributed by atoms with Crippen LogP contribution < -0.4 is 0 Å². The molecule has 1 aliphatic heterocycles. The first-order valence-electron chi connectivity index (χ1n) is 6.34. The number of carbonyl (C=O) groups excluding carboxylic acids is 1. The first-order chi connectivity index (χ1) is 9.24. The number of hydrogen-bond donors (Lipinski definition) is 0. The second kappa shape index (κ2) is 6.74. The maximum Gasteiger partial charge on any atom is 0.253 e. The summed E-state index contributed by atoms with van der Waals surface area (Å²) in [4.78, 5) is 16.4. The van der Waals surface area contributed by atoms with Crippen LogP contribution in [0, 0.1) is 12.3 Å². The van der Waals surface area contributed by atoms with E-state index in [2.05, 4.69) is 26.8 Å². The number of piperazine rings is 1. The molecule has 0 aliphatic carbocycles. The summed E-state index contributed by atoms with van der Waals surface area (Å²) in [6, 6.07) is 7.76. The number of hydrogen-bond acceptors (Lipinski definition) is 2. The van der Waals surface area contributed by atoms with Crippen LogP contribution in [0.4, 0.5) is 0 Å². The first-order valence-corrected chi connectivity index (χ1v) is 7.46. The minimum Gasteiger partial charge on any atom is -0.336 e. The summed E-state index contributed by atoms with van der Waals surface area (Å²) in [7, 11) is 0. The van der Waals surface area contributed by atoms with Crippen molar-refractivity contribution in [3.8, 4) is 12.3 Å². The summed E-state index contributed by atoms with van der Waals surface area (Å²) in [5.74, 6) is 2.76. The molecule has 3 nitrogen and oxygen atoms in total. The Labute approximate surface area is 122 Å². The monoisotopic (exact) mass is 320 g/mol. The predicted octanol–water partition coefficient (Wildman–Crippen LogP) is 1.97. The van der Waals surface area contributed by atoms with Crippen LogP contribution in [0.1, 0.15) is 15.9 Å². The van der Waals surface area contributed by atoms with Crippen molar-refractivity contribution in [2.45, 2.75) is 5.33 Å². The van der Waals surface area contributed by atoms with Gasteiger partial charge < -0.3 is 4.90 Å². The van der Waals surface area contributed by atoms with E-state index in [4.69, 9.17) is 6.42 Å². The maximum absolute atomic E-state index is 12.3. The first kappa shape index (κ1) is 14.1. The number of alkyl halides is 1. The molecule has 1 aromatic rings. The van der Waals surface area contributed by atoms with Crippen LogP contribution in [0.15, 0.2) is 24.3 Å². The Kier molecular flexibility index (Phi) is 5.00. The molecule has 1 heterocycles. The van der Waals surface area contributed by atoms with E-state index >= 15 is 0 Å². The van der Waals surface area contributed by atoms with Gasteiger partial charge in [-0.05, 0) is 17.7 Å². The smallest absolute Gasteiger partial charge is 0.253 e. The maximum atomic E-state index is 12.3. The molecular formula is C15H17BrN2O. The molecule has 19 heavy (non-hydrogen) atoms. The molecule has 1 amide bonds. The summed E-state index contributed by atoms with van der Waals surface area (Å²) in [5.41, 5.74) is 1.94. The molecule has 100 valence electrons. The van der Waals surface area contributed by atoms with Crippen LogP contribution in [-0.2, 0) is 5.33 Å². The van der Waals surface area contributed by atoms with Gasteiger partial charge in [-0.15, -0.1) is 6.42 Å². The molecule has 0 atom stereocenters. The van der Waals surface area contributed by atoms with Gasteiger partial charge in [0.1, 0.15) is 0 Å². The Morgan fingerprint density at radius 1 is 1.21 bits per heavy atom. The van der Waals surface area contributed by atoms with Gasteiger partial charge >= 0.3 is 0 Å². The molecule has 1 saturated heterocycles. The number of nitrogens with zero attached hydrogens (tertiary/aromatic N) is 2. The molecule has 0 spiro atoms. The summed E-state index contributed by atoms with van der Waals surface area (Å²) >= 11 is 3.40. The van der Waals surface area contributed by atoms with Crippen molar-refractivity contribution in [3.05, 3.63) is 35.4 Å². The van der Waals surface area contributed by atoms with Crippen LogP contribution in [0.3, 0.4) is 0 Å². The van der Waals surface area contributed by atoms with E-state index in [1.807, 2.05) is 29.2 Å². The zero-order valence-corrected chi connectivity index (χ0v) is 12.4. The van der Waals surface area contributed by atoms with Crippen molar-refractivity contribution >= 4 is 21.8 Å². The van der Waals surface area contributed by atoms with Crippen molar-refractivity contribution in [2.75, 3.05) is 32.7 Å². The van der Waals surface area contributed by atoms with E-state index < -0.39 is 0 Å². The molecule has 0 aromatic heterocycles. The topological polar surface area (TPSA) is 23.6 Å². The number of terminal acetylenes is 1. The number of amides is 1. The fourth-order valence-electron chi connectivity index (χ4n) is 2.16. The molecule has 1 fully saturated rings. The number of carbonyl (C=O) groups is 1. The molecule has 0 bridgehead atoms. The summed E-state index contributed by atoms with van der Waals surface area (Å²) in [6.07, 6.45) is 5.30. The lowest BCUT2D eigenvalue weighted by Crippen LogP contribution is -2.48. The standard InChI is InChI=1S/C15H17BrN2O/c1-2-7-17-8-10-18(11-9-17)15(19)14-5-3-13(12-16)4-6-14/h1,3-6H,7-12H2. The van der Waals surface area contributed by atoms with Gasteiger partial charge in [0.05, 0.1) is 6.54 Å². The molecule has 0 N–H and O–H groups in total. The van der Waals surface area contributed by atoms with Crippen molar-refractivity contribution in [3.63, 3.8) is 0 Å². The second-order valence-electron chi connectivity index (χ2n) is 4.60. The van der Waals surface area contributed by atoms with Crippen LogP contribution in [-0.4, -0.2) is 48.4 Å². The molecule has 0 radical (unpaired) electrons. The highest BCUT2D eigenvalue weighted by atomic mass is 79.9. The van der Waals surface area contributed by atoms with E-state index in [0.29, 0.717) is 6.54 Å². The number of halogens is 1. The Morgan fingerprint density at radius 3 is 2.37 bits per heavy atom. The fourth-order valence-corrected chi connectivity index (χ4v) is 2.53. The molecule has 1 aliphatic rings. The summed E-state index contributed by atoms with van der Waals surface area (Å²) < 4.78 is 0. The zero-order chi connectivity index (χ0) is 13.7. The largest absolute Gasteiger partial charge is 0.336 e. The Balaban J connectivity index is 1.95. The van der Waals surface area contributed by atoms with Crippen LogP contribution in [0.5, 0.6) is 0 Å². The predicted molar refractivity (Wildman–Crippen MR) is 80.2 cm³/mol. The van der Waals surface area contributed by atoms with Gasteiger partial charge in [-0.1, -0.05) is 34.0 Å². The van der Waals surface area contributed by atoms with Crippen molar-refractivity contribution in [1.82, 2.24) is 9.80 Å². The van der Waals surface area contributed by atoms with Crippen LogP contribution in [0.2, 0.25) is 0 Å². The minimum atomic E-state index is 0.112. The van der Waals surface area contributed by atoms with Crippen LogP contribution in [0.25, 0.3) is 0 Å². The van der Waals surface area contributed by atoms with Gasteiger partial charge in [0, 0.05) is 37.1 Å². The lowest BCUT2D eigenvalue weighted by molar-refractivity contribution is 0.0652.